The molecular formula is C28H52O5. The van der Waals surface area contributed by atoms with Crippen molar-refractivity contribution in [3.8, 4) is 0 Å². The highest BCUT2D eigenvalue weighted by Gasteiger charge is 2.03. The molecule has 0 aliphatic rings. The van der Waals surface area contributed by atoms with Crippen LogP contribution in [0.15, 0.2) is 12.2 Å². The number of hydrogen-bond donors (Lipinski definition) is 0. The topological polar surface area (TPSA) is 61.8 Å². The average Bonchev–Trinajstić information content (AvgIpc) is 2.82. The summed E-state index contributed by atoms with van der Waals surface area (Å²) >= 11 is 0. The third kappa shape index (κ3) is 26.9. The molecule has 5 nitrogen and oxygen atoms in total. The molecule has 0 saturated heterocycles. The largest absolute Gasteiger partial charge is 0.469 e. The van der Waals surface area contributed by atoms with Gasteiger partial charge in [0.2, 0.25) is 0 Å². The lowest BCUT2D eigenvalue weighted by Crippen LogP contribution is -2.16. The minimum absolute atomic E-state index is 0.00546. The highest BCUT2D eigenvalue weighted by molar-refractivity contribution is 5.80. The van der Waals surface area contributed by atoms with Crippen LogP contribution in [0.25, 0.3) is 0 Å². The molecule has 0 aromatic rings. The van der Waals surface area contributed by atoms with Crippen LogP contribution in [0.5, 0.6) is 0 Å². The van der Waals surface area contributed by atoms with E-state index in [9.17, 15) is 9.59 Å². The van der Waals surface area contributed by atoms with Gasteiger partial charge >= 0.3 is 5.97 Å². The van der Waals surface area contributed by atoms with Crippen LogP contribution in [-0.4, -0.2) is 45.3 Å². The minimum atomic E-state index is -0.176. The molecule has 0 saturated carbocycles. The first kappa shape index (κ1) is 31.8. The second-order valence-corrected chi connectivity index (χ2v) is 8.97. The molecule has 0 bridgehead atoms. The van der Waals surface area contributed by atoms with Crippen LogP contribution in [0.3, 0.4) is 0 Å². The van der Waals surface area contributed by atoms with Crippen molar-refractivity contribution in [1.82, 2.24) is 0 Å². The zero-order chi connectivity index (χ0) is 24.2. The van der Waals surface area contributed by atoms with Crippen molar-refractivity contribution < 1.29 is 23.8 Å². The Bertz CT molecular complexity index is 461. The lowest BCUT2D eigenvalue weighted by atomic mass is 10.1. The van der Waals surface area contributed by atoms with Crippen molar-refractivity contribution >= 4 is 11.8 Å². The third-order valence-electron chi connectivity index (χ3n) is 5.72. The number of Topliss-reactive ketones (excluding diaryl/α,β-unsaturated/α-hetero) is 1. The average molecular weight is 469 g/mol. The van der Waals surface area contributed by atoms with Crippen LogP contribution in [-0.2, 0) is 23.8 Å². The molecule has 0 spiro atoms. The van der Waals surface area contributed by atoms with E-state index < -0.39 is 0 Å². The standard InChI is InChI=1S/C28H52O5/c1-3-4-5-6-7-8-9-10-11-12-13-14-15-16-17-20-23-32-25-27(29)26-33-24-21-18-19-22-28(30)31-2/h10-11H,3-9,12-26H2,1-2H3/b11-10-. The fourth-order valence-electron chi connectivity index (χ4n) is 3.62. The Morgan fingerprint density at radius 2 is 1.06 bits per heavy atom. The maximum atomic E-state index is 11.7. The molecule has 0 aromatic heterocycles. The zero-order valence-corrected chi connectivity index (χ0v) is 21.8. The predicted molar refractivity (Wildman–Crippen MR) is 137 cm³/mol. The van der Waals surface area contributed by atoms with Gasteiger partial charge in [-0.05, 0) is 44.9 Å². The number of methoxy groups -OCH3 is 1. The molecule has 0 rings (SSSR count). The van der Waals surface area contributed by atoms with Gasteiger partial charge in [0.15, 0.2) is 5.78 Å². The van der Waals surface area contributed by atoms with Gasteiger partial charge in [-0.3, -0.25) is 9.59 Å². The van der Waals surface area contributed by atoms with Crippen LogP contribution in [0.4, 0.5) is 0 Å². The molecule has 0 fully saturated rings. The molecule has 5 heteroatoms. The minimum Gasteiger partial charge on any atom is -0.469 e. The molecule has 0 radical (unpaired) electrons. The summed E-state index contributed by atoms with van der Waals surface area (Å²) in [5.41, 5.74) is 0. The normalized spacial score (nSPS) is 11.3. The zero-order valence-electron chi connectivity index (χ0n) is 21.8. The Morgan fingerprint density at radius 3 is 1.58 bits per heavy atom. The second-order valence-electron chi connectivity index (χ2n) is 8.97. The summed E-state index contributed by atoms with van der Waals surface area (Å²) in [4.78, 5) is 22.7. The second kappa shape index (κ2) is 27.0. The first-order valence-corrected chi connectivity index (χ1v) is 13.6. The number of carbonyl (C=O) groups excluding carboxylic acids is 2. The van der Waals surface area contributed by atoms with Crippen LogP contribution in [0, 0.1) is 0 Å². The first-order valence-electron chi connectivity index (χ1n) is 13.6. The molecule has 0 aliphatic heterocycles. The van der Waals surface area contributed by atoms with Crippen LogP contribution < -0.4 is 0 Å². The molecule has 0 N–H and O–H groups in total. The Morgan fingerprint density at radius 1 is 0.606 bits per heavy atom. The van der Waals surface area contributed by atoms with E-state index in [1.807, 2.05) is 0 Å². The summed E-state index contributed by atoms with van der Waals surface area (Å²) in [6, 6.07) is 0. The summed E-state index contributed by atoms with van der Waals surface area (Å²) < 4.78 is 15.4. The van der Waals surface area contributed by atoms with Gasteiger partial charge < -0.3 is 14.2 Å². The van der Waals surface area contributed by atoms with Gasteiger partial charge in [0.25, 0.3) is 0 Å². The molecule has 0 aromatic carbocycles. The van der Waals surface area contributed by atoms with E-state index in [1.54, 1.807) is 0 Å². The number of esters is 1. The number of hydrogen-bond acceptors (Lipinski definition) is 5. The Labute approximate surface area is 204 Å². The molecule has 194 valence electrons. The molecule has 0 heterocycles. The van der Waals surface area contributed by atoms with Gasteiger partial charge in [-0.2, -0.15) is 0 Å². The highest BCUT2D eigenvalue weighted by Crippen LogP contribution is 2.10. The van der Waals surface area contributed by atoms with Crippen molar-refractivity contribution in [2.75, 3.05) is 33.5 Å². The molecule has 33 heavy (non-hydrogen) atoms. The monoisotopic (exact) mass is 468 g/mol. The number of carbonyl (C=O) groups is 2. The Kier molecular flexibility index (Phi) is 26.1. The van der Waals surface area contributed by atoms with E-state index >= 15 is 0 Å². The van der Waals surface area contributed by atoms with Crippen LogP contribution in [0.2, 0.25) is 0 Å². The lowest BCUT2D eigenvalue weighted by Gasteiger charge is -2.05. The number of ketones is 1. The smallest absolute Gasteiger partial charge is 0.305 e. The van der Waals surface area contributed by atoms with Crippen LogP contribution >= 0.6 is 0 Å². The van der Waals surface area contributed by atoms with Crippen molar-refractivity contribution in [1.29, 1.82) is 0 Å². The van der Waals surface area contributed by atoms with E-state index in [-0.39, 0.29) is 25.0 Å². The Balaban J connectivity index is 3.21. The number of allylic oxidation sites excluding steroid dienone is 2. The Hall–Kier alpha value is -1.20. The third-order valence-corrected chi connectivity index (χ3v) is 5.72. The van der Waals surface area contributed by atoms with E-state index in [0.717, 1.165) is 25.7 Å². The fraction of sp³-hybridized carbons (Fsp3) is 0.857. The summed E-state index contributed by atoms with van der Waals surface area (Å²) in [5.74, 6) is -0.181. The molecule has 0 unspecified atom stereocenters. The molecule has 0 amide bonds. The highest BCUT2D eigenvalue weighted by atomic mass is 16.5. The number of unbranched alkanes of at least 4 members (excludes halogenated alkanes) is 14. The molecular weight excluding hydrogens is 416 g/mol. The number of ether oxygens (including phenoxy) is 3. The molecule has 0 aliphatic carbocycles. The van der Waals surface area contributed by atoms with E-state index in [0.29, 0.717) is 19.6 Å². The van der Waals surface area contributed by atoms with E-state index in [4.69, 9.17) is 9.47 Å². The maximum absolute atomic E-state index is 11.7. The number of rotatable bonds is 26. The summed E-state index contributed by atoms with van der Waals surface area (Å²) in [7, 11) is 1.40. The van der Waals surface area contributed by atoms with E-state index in [2.05, 4.69) is 23.8 Å². The van der Waals surface area contributed by atoms with Crippen molar-refractivity contribution in [3.63, 3.8) is 0 Å². The van der Waals surface area contributed by atoms with Gasteiger partial charge in [-0.25, -0.2) is 0 Å². The maximum Gasteiger partial charge on any atom is 0.305 e. The van der Waals surface area contributed by atoms with Crippen molar-refractivity contribution in [2.24, 2.45) is 0 Å². The first-order chi connectivity index (χ1) is 16.2. The fourth-order valence-corrected chi connectivity index (χ4v) is 3.62. The van der Waals surface area contributed by atoms with Crippen LogP contribution in [0.1, 0.15) is 122 Å². The molecule has 0 atom stereocenters. The SMILES string of the molecule is CCCCCCCC/C=C\CCCCCCCCOCC(=O)COCCCCCC(=O)OC. The van der Waals surface area contributed by atoms with Gasteiger partial charge in [0.1, 0.15) is 13.2 Å². The van der Waals surface area contributed by atoms with Gasteiger partial charge in [-0.1, -0.05) is 83.3 Å². The summed E-state index contributed by atoms with van der Waals surface area (Å²) in [6.07, 6.45) is 25.8. The summed E-state index contributed by atoms with van der Waals surface area (Å²) in [6.45, 7) is 3.73. The van der Waals surface area contributed by atoms with Gasteiger partial charge in [0.05, 0.1) is 7.11 Å². The summed E-state index contributed by atoms with van der Waals surface area (Å²) in [5, 5.41) is 0. The van der Waals surface area contributed by atoms with Crippen molar-refractivity contribution in [3.05, 3.63) is 12.2 Å². The lowest BCUT2D eigenvalue weighted by molar-refractivity contribution is -0.140. The van der Waals surface area contributed by atoms with Gasteiger partial charge in [-0.15, -0.1) is 0 Å². The van der Waals surface area contributed by atoms with Crippen molar-refractivity contribution in [2.45, 2.75) is 122 Å². The quantitative estimate of drug-likeness (QED) is 0.0754. The predicted octanol–water partition coefficient (Wildman–Crippen LogP) is 7.36. The van der Waals surface area contributed by atoms with E-state index in [1.165, 1.54) is 90.6 Å². The van der Waals surface area contributed by atoms with Gasteiger partial charge in [0, 0.05) is 19.6 Å².